The number of phenolic OH excluding ortho intramolecular Hbond substituents is 1. The Morgan fingerprint density at radius 1 is 0.480 bits per heavy atom. The van der Waals surface area contributed by atoms with Crippen LogP contribution in [0.25, 0.3) is 33.6 Å². The van der Waals surface area contributed by atoms with Gasteiger partial charge in [0.25, 0.3) is 0 Å². The second kappa shape index (κ2) is 13.2. The second-order valence-electron chi connectivity index (χ2n) is 16.3. The standard InChI is InChI=1S/C46H49N3O/c1-44(2,3)34-20-22-37(23-21-34)49(38-15-12-14-32(28-38)39-16-10-11-18-42(39)50)43-19-13-17-40(48-43)41-29-31(24-25-47-41)33-26-35(45(4,5)6)30-36(27-33)46(7,8)9/h10-30,50H,1-9H3. The Labute approximate surface area is 298 Å². The summed E-state index contributed by atoms with van der Waals surface area (Å²) in [6, 6.07) is 41.8. The lowest BCUT2D eigenvalue weighted by atomic mass is 9.79. The van der Waals surface area contributed by atoms with Crippen molar-refractivity contribution in [1.29, 1.82) is 0 Å². The predicted molar refractivity (Wildman–Crippen MR) is 211 cm³/mol. The molecule has 6 rings (SSSR count). The molecular weight excluding hydrogens is 611 g/mol. The van der Waals surface area contributed by atoms with Crippen LogP contribution in [0, 0.1) is 0 Å². The van der Waals surface area contributed by atoms with Crippen LogP contribution in [0.3, 0.4) is 0 Å². The number of benzene rings is 4. The quantitative estimate of drug-likeness (QED) is 0.193. The first-order valence-electron chi connectivity index (χ1n) is 17.5. The molecule has 50 heavy (non-hydrogen) atoms. The Kier molecular flexibility index (Phi) is 9.17. The maximum absolute atomic E-state index is 10.7. The van der Waals surface area contributed by atoms with Crippen molar-refractivity contribution in [2.75, 3.05) is 4.90 Å². The summed E-state index contributed by atoms with van der Waals surface area (Å²) in [5.41, 5.74) is 11.5. The molecule has 0 spiro atoms. The summed E-state index contributed by atoms with van der Waals surface area (Å²) in [5, 5.41) is 10.7. The molecule has 1 N–H and O–H groups in total. The normalized spacial score (nSPS) is 12.2. The number of aromatic nitrogens is 2. The maximum atomic E-state index is 10.7. The minimum atomic E-state index is 0.0207. The topological polar surface area (TPSA) is 49.2 Å². The number of aromatic hydroxyl groups is 1. The van der Waals surface area contributed by atoms with Crippen LogP contribution in [0.5, 0.6) is 5.75 Å². The highest BCUT2D eigenvalue weighted by Gasteiger charge is 2.22. The molecule has 0 radical (unpaired) electrons. The summed E-state index contributed by atoms with van der Waals surface area (Å²) in [7, 11) is 0. The minimum Gasteiger partial charge on any atom is -0.507 e. The average molecular weight is 660 g/mol. The number of nitrogens with zero attached hydrogens (tertiary/aromatic N) is 3. The molecule has 0 aliphatic heterocycles. The summed E-state index contributed by atoms with van der Waals surface area (Å²) >= 11 is 0. The van der Waals surface area contributed by atoms with E-state index in [1.165, 1.54) is 22.3 Å². The first-order chi connectivity index (χ1) is 23.6. The van der Waals surface area contributed by atoms with Gasteiger partial charge in [-0.05, 0) is 104 Å². The number of para-hydroxylation sites is 1. The maximum Gasteiger partial charge on any atom is 0.138 e. The molecule has 4 nitrogen and oxygen atoms in total. The van der Waals surface area contributed by atoms with Gasteiger partial charge in [-0.1, -0.05) is 129 Å². The van der Waals surface area contributed by atoms with Gasteiger partial charge in [0, 0.05) is 23.1 Å². The molecule has 4 aromatic carbocycles. The second-order valence-corrected chi connectivity index (χ2v) is 16.3. The van der Waals surface area contributed by atoms with Crippen LogP contribution in [-0.2, 0) is 16.2 Å². The van der Waals surface area contributed by atoms with E-state index in [4.69, 9.17) is 9.97 Å². The minimum absolute atomic E-state index is 0.0207. The molecular formula is C46H49N3O. The Morgan fingerprint density at radius 2 is 1.12 bits per heavy atom. The summed E-state index contributed by atoms with van der Waals surface area (Å²) < 4.78 is 0. The van der Waals surface area contributed by atoms with Gasteiger partial charge in [-0.2, -0.15) is 0 Å². The summed E-state index contributed by atoms with van der Waals surface area (Å²) in [6.07, 6.45) is 1.89. The van der Waals surface area contributed by atoms with Crippen molar-refractivity contribution >= 4 is 17.2 Å². The molecule has 4 heteroatoms. The van der Waals surface area contributed by atoms with Crippen LogP contribution in [-0.4, -0.2) is 15.1 Å². The Hall–Kier alpha value is -5.22. The lowest BCUT2D eigenvalue weighted by Gasteiger charge is -2.27. The summed E-state index contributed by atoms with van der Waals surface area (Å²) in [4.78, 5) is 12.2. The number of rotatable bonds is 6. The van der Waals surface area contributed by atoms with E-state index in [1.54, 1.807) is 6.07 Å². The monoisotopic (exact) mass is 659 g/mol. The van der Waals surface area contributed by atoms with Crippen LogP contribution in [0.1, 0.15) is 79.0 Å². The van der Waals surface area contributed by atoms with Crippen molar-refractivity contribution < 1.29 is 5.11 Å². The number of hydrogen-bond acceptors (Lipinski definition) is 4. The highest BCUT2D eigenvalue weighted by atomic mass is 16.3. The van der Waals surface area contributed by atoms with Gasteiger partial charge in [-0.3, -0.25) is 9.88 Å². The van der Waals surface area contributed by atoms with Crippen LogP contribution in [0.15, 0.2) is 128 Å². The zero-order chi connectivity index (χ0) is 35.8. The van der Waals surface area contributed by atoms with E-state index in [1.807, 2.05) is 54.7 Å². The lowest BCUT2D eigenvalue weighted by Crippen LogP contribution is -2.16. The molecule has 2 aromatic heterocycles. The SMILES string of the molecule is CC(C)(C)c1ccc(N(c2cccc(-c3ccccc3O)c2)c2cccc(-c3cc(-c4cc(C(C)(C)C)cc(C(C)(C)C)c4)ccn3)n2)cc1. The van der Waals surface area contributed by atoms with Crippen LogP contribution >= 0.6 is 0 Å². The third-order valence-electron chi connectivity index (χ3n) is 9.30. The molecule has 0 bridgehead atoms. The molecule has 0 aliphatic carbocycles. The third kappa shape index (κ3) is 7.50. The first-order valence-corrected chi connectivity index (χ1v) is 17.5. The molecule has 6 aromatic rings. The fourth-order valence-electron chi connectivity index (χ4n) is 6.16. The van der Waals surface area contributed by atoms with Crippen molar-refractivity contribution in [3.05, 3.63) is 144 Å². The number of anilines is 3. The number of pyridine rings is 2. The van der Waals surface area contributed by atoms with Crippen molar-refractivity contribution in [3.63, 3.8) is 0 Å². The fraction of sp³-hybridized carbons (Fsp3) is 0.261. The molecule has 0 saturated heterocycles. The van der Waals surface area contributed by atoms with E-state index < -0.39 is 0 Å². The smallest absolute Gasteiger partial charge is 0.138 e. The molecule has 0 fully saturated rings. The molecule has 0 unspecified atom stereocenters. The van der Waals surface area contributed by atoms with Crippen molar-refractivity contribution in [3.8, 4) is 39.4 Å². The van der Waals surface area contributed by atoms with E-state index >= 15 is 0 Å². The Balaban J connectivity index is 1.46. The zero-order valence-corrected chi connectivity index (χ0v) is 30.9. The highest BCUT2D eigenvalue weighted by molar-refractivity contribution is 5.81. The van der Waals surface area contributed by atoms with E-state index in [2.05, 4.69) is 134 Å². The van der Waals surface area contributed by atoms with Crippen LogP contribution in [0.4, 0.5) is 17.2 Å². The number of hydrogen-bond donors (Lipinski definition) is 1. The van der Waals surface area contributed by atoms with Gasteiger partial charge < -0.3 is 5.11 Å². The van der Waals surface area contributed by atoms with Crippen molar-refractivity contribution in [1.82, 2.24) is 9.97 Å². The largest absolute Gasteiger partial charge is 0.507 e. The van der Waals surface area contributed by atoms with Gasteiger partial charge in [0.2, 0.25) is 0 Å². The predicted octanol–water partition coefficient (Wildman–Crippen LogP) is 12.5. The van der Waals surface area contributed by atoms with Crippen molar-refractivity contribution in [2.24, 2.45) is 0 Å². The van der Waals surface area contributed by atoms with Crippen molar-refractivity contribution in [2.45, 2.75) is 78.6 Å². The van der Waals surface area contributed by atoms with Crippen LogP contribution in [0.2, 0.25) is 0 Å². The lowest BCUT2D eigenvalue weighted by molar-refractivity contribution is 0.477. The highest BCUT2D eigenvalue weighted by Crippen LogP contribution is 2.39. The molecule has 2 heterocycles. The van der Waals surface area contributed by atoms with E-state index in [0.717, 1.165) is 45.3 Å². The van der Waals surface area contributed by atoms with Gasteiger partial charge in [0.05, 0.1) is 11.4 Å². The third-order valence-corrected chi connectivity index (χ3v) is 9.30. The summed E-state index contributed by atoms with van der Waals surface area (Å²) in [5.74, 6) is 1.02. The number of phenols is 1. The fourth-order valence-corrected chi connectivity index (χ4v) is 6.16. The zero-order valence-electron chi connectivity index (χ0n) is 30.9. The van der Waals surface area contributed by atoms with E-state index in [-0.39, 0.29) is 22.0 Å². The molecule has 254 valence electrons. The molecule has 0 aliphatic rings. The molecule has 0 atom stereocenters. The van der Waals surface area contributed by atoms with Gasteiger partial charge in [0.1, 0.15) is 11.6 Å². The Morgan fingerprint density at radius 3 is 1.76 bits per heavy atom. The van der Waals surface area contributed by atoms with Gasteiger partial charge in [-0.25, -0.2) is 4.98 Å². The van der Waals surface area contributed by atoms with Crippen LogP contribution < -0.4 is 4.90 Å². The average Bonchev–Trinajstić information content (AvgIpc) is 3.08. The summed E-state index contributed by atoms with van der Waals surface area (Å²) in [6.45, 7) is 20.3. The van der Waals surface area contributed by atoms with Gasteiger partial charge >= 0.3 is 0 Å². The van der Waals surface area contributed by atoms with Gasteiger partial charge in [-0.15, -0.1) is 0 Å². The first kappa shape index (κ1) is 34.6. The van der Waals surface area contributed by atoms with E-state index in [9.17, 15) is 5.11 Å². The molecule has 0 amide bonds. The Bertz CT molecular complexity index is 2090. The molecule has 0 saturated carbocycles. The van der Waals surface area contributed by atoms with Gasteiger partial charge in [0.15, 0.2) is 0 Å². The van der Waals surface area contributed by atoms with E-state index in [0.29, 0.717) is 0 Å².